The molecule has 5 heteroatoms. The molecule has 1 atom stereocenters. The summed E-state index contributed by atoms with van der Waals surface area (Å²) in [6.07, 6.45) is 0.883. The third-order valence-electron chi connectivity index (χ3n) is 3.42. The van der Waals surface area contributed by atoms with E-state index in [2.05, 4.69) is 35.4 Å². The van der Waals surface area contributed by atoms with Crippen molar-refractivity contribution in [3.05, 3.63) is 41.5 Å². The lowest BCUT2D eigenvalue weighted by Crippen LogP contribution is -2.22. The highest BCUT2D eigenvalue weighted by Crippen LogP contribution is 2.36. The number of benzene rings is 1. The first-order chi connectivity index (χ1) is 9.74. The first kappa shape index (κ1) is 13.1. The van der Waals surface area contributed by atoms with Crippen LogP contribution in [0.2, 0.25) is 0 Å². The maximum atomic E-state index is 5.66. The van der Waals surface area contributed by atoms with Crippen molar-refractivity contribution in [2.24, 2.45) is 0 Å². The van der Waals surface area contributed by atoms with Crippen LogP contribution in [0.3, 0.4) is 0 Å². The van der Waals surface area contributed by atoms with E-state index in [9.17, 15) is 0 Å². The Morgan fingerprint density at radius 2 is 2.20 bits per heavy atom. The smallest absolute Gasteiger partial charge is 0.240 e. The molecule has 2 aromatic rings. The zero-order chi connectivity index (χ0) is 13.9. The average Bonchev–Trinajstić information content (AvgIpc) is 2.93. The lowest BCUT2D eigenvalue weighted by atomic mass is 9.92. The number of aromatic nitrogens is 2. The molecule has 1 aliphatic heterocycles. The summed E-state index contributed by atoms with van der Waals surface area (Å²) in [7, 11) is 0. The van der Waals surface area contributed by atoms with Gasteiger partial charge >= 0.3 is 0 Å². The van der Waals surface area contributed by atoms with Crippen molar-refractivity contribution >= 4 is 0 Å². The third-order valence-corrected chi connectivity index (χ3v) is 3.42. The predicted octanol–water partition coefficient (Wildman–Crippen LogP) is 2.48. The van der Waals surface area contributed by atoms with Crippen LogP contribution in [-0.2, 0) is 6.54 Å². The van der Waals surface area contributed by atoms with Crippen LogP contribution < -0.4 is 10.1 Å². The number of para-hydroxylation sites is 1. The van der Waals surface area contributed by atoms with Gasteiger partial charge in [0.25, 0.3) is 0 Å². The molecular formula is C15H19N3O2. The Morgan fingerprint density at radius 1 is 1.35 bits per heavy atom. The lowest BCUT2D eigenvalue weighted by Gasteiger charge is -2.23. The van der Waals surface area contributed by atoms with Crippen molar-refractivity contribution in [3.8, 4) is 5.75 Å². The summed E-state index contributed by atoms with van der Waals surface area (Å²) in [6.45, 7) is 5.48. The second-order valence-corrected chi connectivity index (χ2v) is 5.31. The molecule has 1 aromatic carbocycles. The Morgan fingerprint density at radius 3 is 3.05 bits per heavy atom. The minimum absolute atomic E-state index is 0.163. The molecule has 0 fully saturated rings. The molecular weight excluding hydrogens is 254 g/mol. The Balaban J connectivity index is 1.80. The van der Waals surface area contributed by atoms with E-state index >= 15 is 0 Å². The molecule has 1 aliphatic rings. The van der Waals surface area contributed by atoms with E-state index in [1.54, 1.807) is 0 Å². The fourth-order valence-electron chi connectivity index (χ4n) is 2.38. The molecule has 0 radical (unpaired) electrons. The van der Waals surface area contributed by atoms with Crippen LogP contribution >= 0.6 is 0 Å². The van der Waals surface area contributed by atoms with Crippen LogP contribution in [-0.4, -0.2) is 22.8 Å². The monoisotopic (exact) mass is 273 g/mol. The summed E-state index contributed by atoms with van der Waals surface area (Å²) in [4.78, 5) is 4.51. The van der Waals surface area contributed by atoms with Crippen LogP contribution in [0.4, 0.5) is 0 Å². The molecule has 0 saturated heterocycles. The molecule has 1 N–H and O–H groups in total. The Hall–Kier alpha value is -1.88. The van der Waals surface area contributed by atoms with Gasteiger partial charge in [0.05, 0.1) is 19.1 Å². The zero-order valence-electron chi connectivity index (χ0n) is 11.8. The predicted molar refractivity (Wildman–Crippen MR) is 74.7 cm³/mol. The molecule has 3 rings (SSSR count). The van der Waals surface area contributed by atoms with E-state index < -0.39 is 0 Å². The molecule has 2 heterocycles. The number of nitrogens with one attached hydrogen (secondary N) is 1. The molecule has 1 aromatic heterocycles. The van der Waals surface area contributed by atoms with Gasteiger partial charge in [-0.2, -0.15) is 4.98 Å². The fourth-order valence-corrected chi connectivity index (χ4v) is 2.38. The van der Waals surface area contributed by atoms with Crippen molar-refractivity contribution in [3.63, 3.8) is 0 Å². The van der Waals surface area contributed by atoms with E-state index in [0.29, 0.717) is 25.1 Å². The molecule has 1 unspecified atom stereocenters. The molecule has 0 spiro atoms. The number of hydrogen-bond donors (Lipinski definition) is 1. The zero-order valence-corrected chi connectivity index (χ0v) is 11.8. The Labute approximate surface area is 118 Å². The molecule has 0 saturated carbocycles. The average molecular weight is 273 g/mol. The van der Waals surface area contributed by atoms with E-state index in [0.717, 1.165) is 23.6 Å². The number of nitrogens with zero attached hydrogens (tertiary/aromatic N) is 2. The SMILES string of the molecule is CC(C)NCc1nc(C2CCOc3ccccc32)no1. The second kappa shape index (κ2) is 5.63. The minimum Gasteiger partial charge on any atom is -0.493 e. The van der Waals surface area contributed by atoms with Crippen molar-refractivity contribution in [1.82, 2.24) is 15.5 Å². The fraction of sp³-hybridized carbons (Fsp3) is 0.467. The first-order valence-electron chi connectivity index (χ1n) is 7.01. The normalized spacial score (nSPS) is 17.9. The number of ether oxygens (including phenoxy) is 1. The molecule has 0 aliphatic carbocycles. The summed E-state index contributed by atoms with van der Waals surface area (Å²) in [5, 5.41) is 7.41. The van der Waals surface area contributed by atoms with Crippen LogP contribution in [0.25, 0.3) is 0 Å². The van der Waals surface area contributed by atoms with Crippen molar-refractivity contribution in [2.75, 3.05) is 6.61 Å². The molecule has 0 amide bonds. The van der Waals surface area contributed by atoms with Gasteiger partial charge in [-0.05, 0) is 12.5 Å². The van der Waals surface area contributed by atoms with Crippen LogP contribution in [0.15, 0.2) is 28.8 Å². The summed E-state index contributed by atoms with van der Waals surface area (Å²) in [5.74, 6) is 2.48. The van der Waals surface area contributed by atoms with Crippen LogP contribution in [0.5, 0.6) is 5.75 Å². The quantitative estimate of drug-likeness (QED) is 0.927. The van der Waals surface area contributed by atoms with Crippen LogP contribution in [0.1, 0.15) is 43.5 Å². The maximum absolute atomic E-state index is 5.66. The van der Waals surface area contributed by atoms with Gasteiger partial charge in [0.15, 0.2) is 5.82 Å². The lowest BCUT2D eigenvalue weighted by molar-refractivity contribution is 0.272. The van der Waals surface area contributed by atoms with Crippen molar-refractivity contribution < 1.29 is 9.26 Å². The van der Waals surface area contributed by atoms with Crippen molar-refractivity contribution in [2.45, 2.75) is 38.8 Å². The standard InChI is InChI=1S/C15H19N3O2/c1-10(2)16-9-14-17-15(18-20-14)12-7-8-19-13-6-4-3-5-11(12)13/h3-6,10,12,16H,7-9H2,1-2H3. The number of hydrogen-bond acceptors (Lipinski definition) is 5. The topological polar surface area (TPSA) is 60.2 Å². The van der Waals surface area contributed by atoms with Crippen LogP contribution in [0, 0.1) is 0 Å². The highest BCUT2D eigenvalue weighted by atomic mass is 16.5. The van der Waals surface area contributed by atoms with Gasteiger partial charge in [-0.25, -0.2) is 0 Å². The summed E-state index contributed by atoms with van der Waals surface area (Å²) >= 11 is 0. The van der Waals surface area contributed by atoms with Gasteiger partial charge < -0.3 is 14.6 Å². The molecule has 20 heavy (non-hydrogen) atoms. The van der Waals surface area contributed by atoms with Gasteiger partial charge in [-0.3, -0.25) is 0 Å². The minimum atomic E-state index is 0.163. The number of fused-ring (bicyclic) bond motifs is 1. The summed E-state index contributed by atoms with van der Waals surface area (Å²) in [5.41, 5.74) is 1.14. The van der Waals surface area contributed by atoms with Gasteiger partial charge in [0, 0.05) is 11.6 Å². The van der Waals surface area contributed by atoms with E-state index in [-0.39, 0.29) is 5.92 Å². The van der Waals surface area contributed by atoms with Gasteiger partial charge in [0.2, 0.25) is 5.89 Å². The molecule has 106 valence electrons. The first-order valence-corrected chi connectivity index (χ1v) is 7.01. The maximum Gasteiger partial charge on any atom is 0.240 e. The highest BCUT2D eigenvalue weighted by molar-refractivity contribution is 5.40. The Bertz CT molecular complexity index is 580. The van der Waals surface area contributed by atoms with Crippen molar-refractivity contribution in [1.29, 1.82) is 0 Å². The summed E-state index contributed by atoms with van der Waals surface area (Å²) < 4.78 is 11.0. The van der Waals surface area contributed by atoms with E-state index in [1.807, 2.05) is 18.2 Å². The summed E-state index contributed by atoms with van der Waals surface area (Å²) in [6, 6.07) is 8.45. The van der Waals surface area contributed by atoms with Gasteiger partial charge in [-0.1, -0.05) is 37.2 Å². The largest absolute Gasteiger partial charge is 0.493 e. The highest BCUT2D eigenvalue weighted by Gasteiger charge is 2.26. The molecule has 5 nitrogen and oxygen atoms in total. The molecule has 0 bridgehead atoms. The second-order valence-electron chi connectivity index (χ2n) is 5.31. The van der Waals surface area contributed by atoms with Gasteiger partial charge in [0.1, 0.15) is 5.75 Å². The van der Waals surface area contributed by atoms with E-state index in [1.165, 1.54) is 0 Å². The Kier molecular flexibility index (Phi) is 3.69. The van der Waals surface area contributed by atoms with E-state index in [4.69, 9.17) is 9.26 Å². The number of rotatable bonds is 4. The third kappa shape index (κ3) is 2.67. The van der Waals surface area contributed by atoms with Gasteiger partial charge in [-0.15, -0.1) is 0 Å².